The van der Waals surface area contributed by atoms with Crippen molar-refractivity contribution in [3.8, 4) is 0 Å². The summed E-state index contributed by atoms with van der Waals surface area (Å²) in [6.45, 7) is 4.16. The zero-order valence-electron chi connectivity index (χ0n) is 10.5. The Labute approximate surface area is 128 Å². The van der Waals surface area contributed by atoms with Crippen LogP contribution in [0.5, 0.6) is 0 Å². The van der Waals surface area contributed by atoms with Gasteiger partial charge in [-0.2, -0.15) is 0 Å². The van der Waals surface area contributed by atoms with E-state index in [9.17, 15) is 4.79 Å². The van der Waals surface area contributed by atoms with E-state index in [4.69, 9.17) is 0 Å². The number of rotatable bonds is 4. The van der Waals surface area contributed by atoms with Crippen LogP contribution in [0.3, 0.4) is 0 Å². The summed E-state index contributed by atoms with van der Waals surface area (Å²) in [6.07, 6.45) is 3.32. The molecule has 1 amide bonds. The van der Waals surface area contributed by atoms with Gasteiger partial charge in [-0.25, -0.2) is 4.98 Å². The Bertz CT molecular complexity index is 601. The average Bonchev–Trinajstić information content (AvgIpc) is 2.96. The molecule has 2 aromatic rings. The maximum atomic E-state index is 11.7. The molecule has 0 fully saturated rings. The van der Waals surface area contributed by atoms with E-state index in [0.29, 0.717) is 11.0 Å². The van der Waals surface area contributed by atoms with Crippen LogP contribution in [0.4, 0.5) is 5.13 Å². The number of carbonyl (C=O) groups excluding carboxylic acids is 1. The third-order valence-electron chi connectivity index (χ3n) is 2.34. The van der Waals surface area contributed by atoms with Crippen molar-refractivity contribution in [1.29, 1.82) is 0 Å². The molecular formula is C13H13BrN2OS2. The summed E-state index contributed by atoms with van der Waals surface area (Å²) in [5, 5.41) is 5.39. The predicted octanol–water partition coefficient (Wildman–Crippen LogP) is 4.74. The summed E-state index contributed by atoms with van der Waals surface area (Å²) >= 11 is 6.42. The van der Waals surface area contributed by atoms with Crippen LogP contribution >= 0.6 is 38.6 Å². The van der Waals surface area contributed by atoms with Crippen LogP contribution in [0.15, 0.2) is 27.4 Å². The van der Waals surface area contributed by atoms with E-state index < -0.39 is 0 Å². The van der Waals surface area contributed by atoms with E-state index in [-0.39, 0.29) is 5.91 Å². The Hall–Kier alpha value is -0.980. The van der Waals surface area contributed by atoms with Gasteiger partial charge in [-0.1, -0.05) is 13.8 Å². The number of nitrogens with one attached hydrogen (secondary N) is 1. The zero-order chi connectivity index (χ0) is 13.8. The Balaban J connectivity index is 1.95. The lowest BCUT2D eigenvalue weighted by atomic mass is 10.2. The van der Waals surface area contributed by atoms with Crippen LogP contribution < -0.4 is 5.32 Å². The summed E-state index contributed by atoms with van der Waals surface area (Å²) < 4.78 is 1.05. The minimum Gasteiger partial charge on any atom is -0.298 e. The van der Waals surface area contributed by atoms with Crippen LogP contribution in [0, 0.1) is 0 Å². The van der Waals surface area contributed by atoms with Gasteiger partial charge in [0.25, 0.3) is 0 Å². The third kappa shape index (κ3) is 4.26. The maximum absolute atomic E-state index is 11.7. The van der Waals surface area contributed by atoms with Crippen molar-refractivity contribution in [3.63, 3.8) is 0 Å². The highest BCUT2D eigenvalue weighted by Crippen LogP contribution is 2.23. The molecule has 0 saturated heterocycles. The summed E-state index contributed by atoms with van der Waals surface area (Å²) in [4.78, 5) is 17.1. The monoisotopic (exact) mass is 356 g/mol. The van der Waals surface area contributed by atoms with Gasteiger partial charge in [0.2, 0.25) is 5.91 Å². The molecule has 100 valence electrons. The highest BCUT2D eigenvalue weighted by atomic mass is 79.9. The fraction of sp³-hybridized carbons (Fsp3) is 0.231. The van der Waals surface area contributed by atoms with Crippen molar-refractivity contribution in [2.24, 2.45) is 0 Å². The van der Waals surface area contributed by atoms with E-state index in [1.165, 1.54) is 17.4 Å². The first-order chi connectivity index (χ1) is 9.04. The zero-order valence-corrected chi connectivity index (χ0v) is 13.7. The highest BCUT2D eigenvalue weighted by molar-refractivity contribution is 9.11. The molecule has 2 heterocycles. The van der Waals surface area contributed by atoms with E-state index in [2.05, 4.69) is 40.1 Å². The van der Waals surface area contributed by atoms with Gasteiger partial charge in [0, 0.05) is 16.3 Å². The smallest absolute Gasteiger partial charge is 0.250 e. The molecule has 0 unspecified atom stereocenters. The number of thiophene rings is 1. The van der Waals surface area contributed by atoms with Gasteiger partial charge in [0.15, 0.2) is 5.13 Å². The largest absolute Gasteiger partial charge is 0.298 e. The molecule has 0 aromatic carbocycles. The van der Waals surface area contributed by atoms with Gasteiger partial charge in [0.05, 0.1) is 9.48 Å². The van der Waals surface area contributed by atoms with Crippen molar-refractivity contribution in [2.45, 2.75) is 19.8 Å². The molecule has 2 rings (SSSR count). The van der Waals surface area contributed by atoms with Gasteiger partial charge in [-0.3, -0.25) is 10.1 Å². The molecular weight excluding hydrogens is 344 g/mol. The topological polar surface area (TPSA) is 42.0 Å². The molecule has 0 aliphatic heterocycles. The number of hydrogen-bond acceptors (Lipinski definition) is 4. The second-order valence-electron chi connectivity index (χ2n) is 4.20. The molecule has 0 bridgehead atoms. The summed E-state index contributed by atoms with van der Waals surface area (Å²) in [5.74, 6) is 0.218. The molecule has 0 aliphatic carbocycles. The first kappa shape index (κ1) is 14.4. The summed E-state index contributed by atoms with van der Waals surface area (Å²) in [5.41, 5.74) is 1.01. The second-order valence-corrected chi connectivity index (χ2v) is 7.55. The van der Waals surface area contributed by atoms with Crippen molar-refractivity contribution in [1.82, 2.24) is 4.98 Å². The SMILES string of the molecule is CC(C)c1csc(NC(=O)/C=C/c2ccc(Br)s2)n1. The van der Waals surface area contributed by atoms with E-state index in [1.54, 1.807) is 17.4 Å². The highest BCUT2D eigenvalue weighted by Gasteiger charge is 2.07. The second kappa shape index (κ2) is 6.45. The molecule has 19 heavy (non-hydrogen) atoms. The molecule has 3 nitrogen and oxygen atoms in total. The quantitative estimate of drug-likeness (QED) is 0.803. The average molecular weight is 357 g/mol. The molecule has 6 heteroatoms. The van der Waals surface area contributed by atoms with Crippen LogP contribution in [0.25, 0.3) is 6.08 Å². The molecule has 2 aromatic heterocycles. The fourth-order valence-corrected chi connectivity index (χ4v) is 3.53. The number of hydrogen-bond donors (Lipinski definition) is 1. The standard InChI is InChI=1S/C13H13BrN2OS2/c1-8(2)10-7-18-13(15-10)16-12(17)6-4-9-3-5-11(14)19-9/h3-8H,1-2H3,(H,15,16,17)/b6-4+. The van der Waals surface area contributed by atoms with Gasteiger partial charge in [-0.05, 0) is 40.1 Å². The predicted molar refractivity (Wildman–Crippen MR) is 85.9 cm³/mol. The van der Waals surface area contributed by atoms with E-state index >= 15 is 0 Å². The van der Waals surface area contributed by atoms with Crippen molar-refractivity contribution in [3.05, 3.63) is 37.9 Å². The molecule has 0 saturated carbocycles. The molecule has 1 N–H and O–H groups in total. The molecule has 0 atom stereocenters. The van der Waals surface area contributed by atoms with Gasteiger partial charge in [0.1, 0.15) is 0 Å². The normalized spacial score (nSPS) is 11.4. The number of aromatic nitrogens is 1. The minimum atomic E-state index is -0.158. The minimum absolute atomic E-state index is 0.158. The lowest BCUT2D eigenvalue weighted by Gasteiger charge is -1.98. The van der Waals surface area contributed by atoms with E-state index in [0.717, 1.165) is 14.4 Å². The maximum Gasteiger partial charge on any atom is 0.250 e. The fourth-order valence-electron chi connectivity index (χ4n) is 1.33. The van der Waals surface area contributed by atoms with Crippen LogP contribution in [0.2, 0.25) is 0 Å². The lowest BCUT2D eigenvalue weighted by molar-refractivity contribution is -0.111. The van der Waals surface area contributed by atoms with Crippen LogP contribution in [0.1, 0.15) is 30.3 Å². The van der Waals surface area contributed by atoms with Crippen molar-refractivity contribution in [2.75, 3.05) is 5.32 Å². The Morgan fingerprint density at radius 3 is 2.84 bits per heavy atom. The molecule has 0 spiro atoms. The van der Waals surface area contributed by atoms with E-state index in [1.807, 2.05) is 17.5 Å². The number of anilines is 1. The Morgan fingerprint density at radius 1 is 1.47 bits per heavy atom. The van der Waals surface area contributed by atoms with Crippen molar-refractivity contribution >= 4 is 55.7 Å². The number of carbonyl (C=O) groups is 1. The number of nitrogens with zero attached hydrogens (tertiary/aromatic N) is 1. The molecule has 0 aliphatic rings. The number of thiazole rings is 1. The first-order valence-electron chi connectivity index (χ1n) is 5.74. The third-order valence-corrected chi connectivity index (χ3v) is 4.70. The first-order valence-corrected chi connectivity index (χ1v) is 8.23. The lowest BCUT2D eigenvalue weighted by Crippen LogP contribution is -2.07. The number of amides is 1. The summed E-state index contributed by atoms with van der Waals surface area (Å²) in [6, 6.07) is 3.91. The number of halogens is 1. The van der Waals surface area contributed by atoms with Crippen molar-refractivity contribution < 1.29 is 4.79 Å². The molecule has 0 radical (unpaired) electrons. The summed E-state index contributed by atoms with van der Waals surface area (Å²) in [7, 11) is 0. The van der Waals surface area contributed by atoms with Crippen LogP contribution in [-0.2, 0) is 4.79 Å². The van der Waals surface area contributed by atoms with Gasteiger partial charge in [-0.15, -0.1) is 22.7 Å². The Morgan fingerprint density at radius 2 is 2.26 bits per heavy atom. The van der Waals surface area contributed by atoms with Gasteiger partial charge >= 0.3 is 0 Å². The van der Waals surface area contributed by atoms with Crippen LogP contribution in [-0.4, -0.2) is 10.9 Å². The van der Waals surface area contributed by atoms with Gasteiger partial charge < -0.3 is 0 Å². The Kier molecular flexibility index (Phi) is 4.90.